The molecule has 5 nitrogen and oxygen atoms in total. The number of nitrogens with one attached hydrogen (secondary N) is 1. The first-order valence-electron chi connectivity index (χ1n) is 4.42. The van der Waals surface area contributed by atoms with Crippen LogP contribution in [0.3, 0.4) is 0 Å². The van der Waals surface area contributed by atoms with Crippen LogP contribution in [-0.4, -0.2) is 32.5 Å². The van der Waals surface area contributed by atoms with E-state index in [-0.39, 0.29) is 6.04 Å². The standard InChI is InChI=1S/C9H12N4OS/c1-7(6-15(2)14)12-9-8(5-10)3-4-11-13-9/h3-4,7H,6H2,1-2H3,(H,12,13). The summed E-state index contributed by atoms with van der Waals surface area (Å²) < 4.78 is 11.0. The van der Waals surface area contributed by atoms with Gasteiger partial charge < -0.3 is 5.32 Å². The van der Waals surface area contributed by atoms with Gasteiger partial charge in [0.2, 0.25) is 0 Å². The van der Waals surface area contributed by atoms with Gasteiger partial charge in [0.15, 0.2) is 5.82 Å². The highest BCUT2D eigenvalue weighted by molar-refractivity contribution is 7.84. The number of hydrogen-bond acceptors (Lipinski definition) is 5. The molecule has 0 bridgehead atoms. The molecule has 1 heterocycles. The lowest BCUT2D eigenvalue weighted by atomic mass is 10.3. The third kappa shape index (κ3) is 3.64. The van der Waals surface area contributed by atoms with Crippen molar-refractivity contribution in [1.29, 1.82) is 5.26 Å². The van der Waals surface area contributed by atoms with Gasteiger partial charge in [0.1, 0.15) is 6.07 Å². The van der Waals surface area contributed by atoms with E-state index in [0.717, 1.165) is 0 Å². The van der Waals surface area contributed by atoms with Crippen LogP contribution in [-0.2, 0) is 10.8 Å². The average molecular weight is 224 g/mol. The van der Waals surface area contributed by atoms with Crippen LogP contribution in [0.1, 0.15) is 12.5 Å². The number of aromatic nitrogens is 2. The van der Waals surface area contributed by atoms with Gasteiger partial charge in [-0.2, -0.15) is 10.4 Å². The normalized spacial score (nSPS) is 13.9. The number of anilines is 1. The number of nitrogens with zero attached hydrogens (tertiary/aromatic N) is 3. The molecular weight excluding hydrogens is 212 g/mol. The summed E-state index contributed by atoms with van der Waals surface area (Å²) in [6, 6.07) is 3.60. The van der Waals surface area contributed by atoms with Crippen LogP contribution in [0, 0.1) is 11.3 Å². The SMILES string of the molecule is CC(CS(C)=O)Nc1nnccc1C#N. The lowest BCUT2D eigenvalue weighted by Gasteiger charge is -2.12. The molecule has 1 rings (SSSR count). The minimum atomic E-state index is -0.871. The molecule has 15 heavy (non-hydrogen) atoms. The van der Waals surface area contributed by atoms with E-state index in [1.165, 1.54) is 6.20 Å². The fourth-order valence-corrected chi connectivity index (χ4v) is 1.94. The van der Waals surface area contributed by atoms with E-state index in [9.17, 15) is 4.21 Å². The van der Waals surface area contributed by atoms with Crippen molar-refractivity contribution in [2.24, 2.45) is 0 Å². The van der Waals surface area contributed by atoms with Crippen molar-refractivity contribution in [3.63, 3.8) is 0 Å². The average Bonchev–Trinajstić information content (AvgIpc) is 2.17. The molecule has 6 heteroatoms. The predicted molar refractivity (Wildman–Crippen MR) is 58.8 cm³/mol. The van der Waals surface area contributed by atoms with E-state index in [1.807, 2.05) is 13.0 Å². The second-order valence-corrected chi connectivity index (χ2v) is 4.67. The van der Waals surface area contributed by atoms with Crippen molar-refractivity contribution in [2.75, 3.05) is 17.3 Å². The van der Waals surface area contributed by atoms with Crippen LogP contribution in [0.5, 0.6) is 0 Å². The van der Waals surface area contributed by atoms with Crippen LogP contribution in [0.4, 0.5) is 5.82 Å². The summed E-state index contributed by atoms with van der Waals surface area (Å²) in [7, 11) is -0.871. The van der Waals surface area contributed by atoms with Gasteiger partial charge in [-0.05, 0) is 13.0 Å². The van der Waals surface area contributed by atoms with Crippen molar-refractivity contribution < 1.29 is 4.21 Å². The monoisotopic (exact) mass is 224 g/mol. The van der Waals surface area contributed by atoms with E-state index in [4.69, 9.17) is 5.26 Å². The van der Waals surface area contributed by atoms with Gasteiger partial charge in [0.05, 0.1) is 11.8 Å². The zero-order valence-electron chi connectivity index (χ0n) is 8.60. The maximum absolute atomic E-state index is 11.0. The molecule has 0 amide bonds. The van der Waals surface area contributed by atoms with Gasteiger partial charge in [-0.3, -0.25) is 4.21 Å². The Balaban J connectivity index is 2.72. The Labute approximate surface area is 91.0 Å². The molecule has 0 aliphatic rings. The summed E-state index contributed by atoms with van der Waals surface area (Å²) in [5, 5.41) is 19.3. The molecule has 80 valence electrons. The summed E-state index contributed by atoms with van der Waals surface area (Å²) >= 11 is 0. The first kappa shape index (κ1) is 11.6. The third-order valence-corrected chi connectivity index (χ3v) is 2.68. The Hall–Kier alpha value is -1.48. The van der Waals surface area contributed by atoms with Crippen molar-refractivity contribution in [3.8, 4) is 6.07 Å². The van der Waals surface area contributed by atoms with Gasteiger partial charge in [0.25, 0.3) is 0 Å². The van der Waals surface area contributed by atoms with E-state index in [1.54, 1.807) is 12.3 Å². The molecule has 2 unspecified atom stereocenters. The molecule has 0 fully saturated rings. The molecule has 0 aliphatic heterocycles. The summed E-state index contributed by atoms with van der Waals surface area (Å²) in [5.74, 6) is 0.958. The first-order chi connectivity index (χ1) is 7.13. The fraction of sp³-hybridized carbons (Fsp3) is 0.444. The largest absolute Gasteiger partial charge is 0.364 e. The highest BCUT2D eigenvalue weighted by Gasteiger charge is 2.08. The summed E-state index contributed by atoms with van der Waals surface area (Å²) in [4.78, 5) is 0. The number of nitriles is 1. The molecule has 1 N–H and O–H groups in total. The molecule has 0 radical (unpaired) electrons. The zero-order chi connectivity index (χ0) is 11.3. The molecule has 0 spiro atoms. The predicted octanol–water partition coefficient (Wildman–Crippen LogP) is 0.527. The van der Waals surface area contributed by atoms with Gasteiger partial charge in [-0.1, -0.05) is 0 Å². The van der Waals surface area contributed by atoms with Crippen LogP contribution >= 0.6 is 0 Å². The Kier molecular flexibility index (Phi) is 4.18. The van der Waals surface area contributed by atoms with E-state index in [2.05, 4.69) is 15.5 Å². The first-order valence-corrected chi connectivity index (χ1v) is 6.14. The second kappa shape index (κ2) is 5.41. The van der Waals surface area contributed by atoms with Gasteiger partial charge >= 0.3 is 0 Å². The summed E-state index contributed by atoms with van der Waals surface area (Å²) in [5.41, 5.74) is 0.443. The van der Waals surface area contributed by atoms with Crippen molar-refractivity contribution in [3.05, 3.63) is 17.8 Å². The molecule has 2 atom stereocenters. The Morgan fingerprint density at radius 3 is 3.07 bits per heavy atom. The van der Waals surface area contributed by atoms with Crippen LogP contribution in [0.25, 0.3) is 0 Å². The second-order valence-electron chi connectivity index (χ2n) is 3.19. The third-order valence-electron chi connectivity index (χ3n) is 1.71. The molecule has 0 aliphatic carbocycles. The van der Waals surface area contributed by atoms with Gasteiger partial charge in [-0.15, -0.1) is 5.10 Å². The minimum Gasteiger partial charge on any atom is -0.364 e. The van der Waals surface area contributed by atoms with Crippen LogP contribution in [0.15, 0.2) is 12.3 Å². The van der Waals surface area contributed by atoms with E-state index >= 15 is 0 Å². The fourth-order valence-electron chi connectivity index (χ4n) is 1.16. The smallest absolute Gasteiger partial charge is 0.166 e. The van der Waals surface area contributed by atoms with Crippen molar-refractivity contribution in [2.45, 2.75) is 13.0 Å². The highest BCUT2D eigenvalue weighted by atomic mass is 32.2. The number of rotatable bonds is 4. The zero-order valence-corrected chi connectivity index (χ0v) is 9.41. The van der Waals surface area contributed by atoms with Gasteiger partial charge in [-0.25, -0.2) is 0 Å². The minimum absolute atomic E-state index is 0.000340. The van der Waals surface area contributed by atoms with Crippen LogP contribution in [0.2, 0.25) is 0 Å². The van der Waals surface area contributed by atoms with E-state index < -0.39 is 10.8 Å². The molecule has 1 aromatic heterocycles. The maximum Gasteiger partial charge on any atom is 0.166 e. The Morgan fingerprint density at radius 2 is 2.47 bits per heavy atom. The summed E-state index contributed by atoms with van der Waals surface area (Å²) in [6.45, 7) is 1.89. The Morgan fingerprint density at radius 1 is 1.73 bits per heavy atom. The van der Waals surface area contributed by atoms with Crippen LogP contribution < -0.4 is 5.32 Å². The topological polar surface area (TPSA) is 78.7 Å². The highest BCUT2D eigenvalue weighted by Crippen LogP contribution is 2.09. The van der Waals surface area contributed by atoms with E-state index in [0.29, 0.717) is 17.1 Å². The number of hydrogen-bond donors (Lipinski definition) is 1. The molecule has 0 saturated heterocycles. The molecule has 0 saturated carbocycles. The molecule has 1 aromatic rings. The molecule has 0 aromatic carbocycles. The summed E-state index contributed by atoms with van der Waals surface area (Å²) in [6.07, 6.45) is 3.10. The van der Waals surface area contributed by atoms with Gasteiger partial charge in [0, 0.05) is 28.9 Å². The molecular formula is C9H12N4OS. The van der Waals surface area contributed by atoms with Crippen molar-refractivity contribution in [1.82, 2.24) is 10.2 Å². The van der Waals surface area contributed by atoms with Crippen molar-refractivity contribution >= 4 is 16.6 Å². The maximum atomic E-state index is 11.0. The lowest BCUT2D eigenvalue weighted by Crippen LogP contribution is -2.23. The Bertz CT molecular complexity index is 401. The quantitative estimate of drug-likeness (QED) is 0.807. The lowest BCUT2D eigenvalue weighted by molar-refractivity contribution is 0.682.